The van der Waals surface area contributed by atoms with Gasteiger partial charge in [-0.1, -0.05) is 19.1 Å². The van der Waals surface area contributed by atoms with Crippen LogP contribution in [-0.2, 0) is 0 Å². The van der Waals surface area contributed by atoms with E-state index in [2.05, 4.69) is 18.5 Å². The van der Waals surface area contributed by atoms with Gasteiger partial charge < -0.3 is 0 Å². The van der Waals surface area contributed by atoms with E-state index in [1.165, 1.54) is 5.57 Å². The molecule has 0 heterocycles. The quantitative estimate of drug-likeness (QED) is 0.530. The lowest BCUT2D eigenvalue weighted by atomic mass is 10.3. The zero-order valence-electron chi connectivity index (χ0n) is 7.02. The van der Waals surface area contributed by atoms with Gasteiger partial charge in [-0.2, -0.15) is 0 Å². The molecule has 0 amide bonds. The molecular weight excluding hydrogens is 122 g/mol. The van der Waals surface area contributed by atoms with Crippen LogP contribution in [0.15, 0.2) is 29.4 Å². The maximum atomic E-state index is 4.20. The van der Waals surface area contributed by atoms with Gasteiger partial charge in [-0.25, -0.2) is 0 Å². The lowest BCUT2D eigenvalue weighted by molar-refractivity contribution is 1.26. The first-order chi connectivity index (χ1) is 4.70. The third-order valence-electron chi connectivity index (χ3n) is 1.09. The molecule has 0 aromatic heterocycles. The lowest BCUT2D eigenvalue weighted by Gasteiger charge is -1.91. The van der Waals surface area contributed by atoms with Gasteiger partial charge in [-0.3, -0.25) is 4.99 Å². The van der Waals surface area contributed by atoms with Crippen LogP contribution in [0.3, 0.4) is 0 Å². The minimum atomic E-state index is 0.952. The Morgan fingerprint density at radius 1 is 1.50 bits per heavy atom. The van der Waals surface area contributed by atoms with Gasteiger partial charge in [0.15, 0.2) is 0 Å². The molecular formula is C9H15N. The fourth-order valence-electron chi connectivity index (χ4n) is 0.500. The van der Waals surface area contributed by atoms with Crippen molar-refractivity contribution in [3.63, 3.8) is 0 Å². The van der Waals surface area contributed by atoms with Gasteiger partial charge in [0, 0.05) is 11.9 Å². The van der Waals surface area contributed by atoms with Crippen LogP contribution < -0.4 is 0 Å². The second-order valence-electron chi connectivity index (χ2n) is 2.38. The number of allylic oxidation sites excluding steroid dienone is 2. The summed E-state index contributed by atoms with van der Waals surface area (Å²) in [5.41, 5.74) is 2.26. The number of hydrogen-bond acceptors (Lipinski definition) is 1. The third-order valence-corrected chi connectivity index (χ3v) is 1.09. The molecule has 1 nitrogen and oxygen atoms in total. The van der Waals surface area contributed by atoms with E-state index in [9.17, 15) is 0 Å². The topological polar surface area (TPSA) is 12.4 Å². The Bertz CT molecular complexity index is 160. The zero-order valence-corrected chi connectivity index (χ0v) is 7.02. The molecule has 0 saturated heterocycles. The highest BCUT2D eigenvalue weighted by Crippen LogP contribution is 1.93. The molecule has 0 spiro atoms. The fourth-order valence-corrected chi connectivity index (χ4v) is 0.500. The van der Waals surface area contributed by atoms with E-state index in [4.69, 9.17) is 0 Å². The van der Waals surface area contributed by atoms with E-state index < -0.39 is 0 Å². The van der Waals surface area contributed by atoms with E-state index in [1.54, 1.807) is 6.08 Å². The maximum Gasteiger partial charge on any atom is 0.0394 e. The van der Waals surface area contributed by atoms with E-state index in [0.29, 0.717) is 0 Å². The van der Waals surface area contributed by atoms with Crippen LogP contribution >= 0.6 is 0 Å². The van der Waals surface area contributed by atoms with Crippen LogP contribution in [0.2, 0.25) is 0 Å². The summed E-state index contributed by atoms with van der Waals surface area (Å²) in [5, 5.41) is 0. The highest BCUT2D eigenvalue weighted by molar-refractivity contribution is 5.94. The predicted molar refractivity (Wildman–Crippen MR) is 47.4 cm³/mol. The molecule has 0 aromatic rings. The van der Waals surface area contributed by atoms with Crippen LogP contribution in [0.4, 0.5) is 0 Å². The van der Waals surface area contributed by atoms with Crippen molar-refractivity contribution < 1.29 is 0 Å². The average Bonchev–Trinajstić information content (AvgIpc) is 1.90. The molecule has 0 rings (SSSR count). The second-order valence-corrected chi connectivity index (χ2v) is 2.38. The van der Waals surface area contributed by atoms with Gasteiger partial charge in [-0.15, -0.1) is 0 Å². The Morgan fingerprint density at radius 2 is 2.10 bits per heavy atom. The molecule has 56 valence electrons. The smallest absolute Gasteiger partial charge is 0.0394 e. The van der Waals surface area contributed by atoms with Gasteiger partial charge in [0.1, 0.15) is 0 Å². The van der Waals surface area contributed by atoms with Crippen molar-refractivity contribution in [3.05, 3.63) is 24.4 Å². The highest BCUT2D eigenvalue weighted by atomic mass is 14.7. The SMILES string of the molecule is C=C/C(CC)=N\C=C(C)C. The molecule has 10 heavy (non-hydrogen) atoms. The van der Waals surface area contributed by atoms with E-state index in [-0.39, 0.29) is 0 Å². The van der Waals surface area contributed by atoms with Gasteiger partial charge in [-0.05, 0) is 26.3 Å². The number of aliphatic imine (C=N–C) groups is 1. The van der Waals surface area contributed by atoms with Crippen molar-refractivity contribution in [2.75, 3.05) is 0 Å². The van der Waals surface area contributed by atoms with Crippen molar-refractivity contribution in [1.29, 1.82) is 0 Å². The minimum Gasteiger partial charge on any atom is -0.261 e. The molecule has 0 unspecified atom stereocenters. The zero-order chi connectivity index (χ0) is 7.98. The fraction of sp³-hybridized carbons (Fsp3) is 0.444. The normalized spacial score (nSPS) is 10.9. The van der Waals surface area contributed by atoms with Crippen molar-refractivity contribution >= 4 is 5.71 Å². The summed E-state index contributed by atoms with van der Waals surface area (Å²) in [7, 11) is 0. The van der Waals surface area contributed by atoms with Crippen LogP contribution in [-0.4, -0.2) is 5.71 Å². The van der Waals surface area contributed by atoms with Gasteiger partial charge in [0.25, 0.3) is 0 Å². The van der Waals surface area contributed by atoms with Crippen molar-refractivity contribution in [3.8, 4) is 0 Å². The molecule has 0 bridgehead atoms. The maximum absolute atomic E-state index is 4.20. The minimum absolute atomic E-state index is 0.952. The Labute approximate surface area is 63.2 Å². The average molecular weight is 137 g/mol. The summed E-state index contributed by atoms with van der Waals surface area (Å²) in [5.74, 6) is 0. The van der Waals surface area contributed by atoms with Crippen LogP contribution in [0.25, 0.3) is 0 Å². The Balaban J connectivity index is 4.12. The van der Waals surface area contributed by atoms with Crippen LogP contribution in [0.5, 0.6) is 0 Å². The molecule has 0 aliphatic carbocycles. The van der Waals surface area contributed by atoms with Crippen molar-refractivity contribution in [2.45, 2.75) is 27.2 Å². The van der Waals surface area contributed by atoms with E-state index in [1.807, 2.05) is 20.0 Å². The standard InChI is InChI=1S/C9H15N/c1-5-9(6-2)10-7-8(3)4/h5,7H,1,6H2,2-4H3/b10-9+. The highest BCUT2D eigenvalue weighted by Gasteiger charge is 1.83. The van der Waals surface area contributed by atoms with Crippen molar-refractivity contribution in [2.24, 2.45) is 4.99 Å². The molecule has 0 aromatic carbocycles. The Morgan fingerprint density at radius 3 is 2.40 bits per heavy atom. The first-order valence-corrected chi connectivity index (χ1v) is 3.53. The summed E-state index contributed by atoms with van der Waals surface area (Å²) in [6.45, 7) is 9.77. The molecule has 0 radical (unpaired) electrons. The number of rotatable bonds is 3. The van der Waals surface area contributed by atoms with Crippen molar-refractivity contribution in [1.82, 2.24) is 0 Å². The van der Waals surface area contributed by atoms with Gasteiger partial charge in [0.2, 0.25) is 0 Å². The predicted octanol–water partition coefficient (Wildman–Crippen LogP) is 2.95. The second kappa shape index (κ2) is 4.98. The third kappa shape index (κ3) is 4.07. The summed E-state index contributed by atoms with van der Waals surface area (Å²) < 4.78 is 0. The molecule has 0 fully saturated rings. The van der Waals surface area contributed by atoms with Gasteiger partial charge >= 0.3 is 0 Å². The van der Waals surface area contributed by atoms with E-state index in [0.717, 1.165) is 12.1 Å². The summed E-state index contributed by atoms with van der Waals surface area (Å²) in [6, 6.07) is 0. The molecule has 0 saturated carbocycles. The number of hydrogen-bond donors (Lipinski definition) is 0. The molecule has 0 aliphatic heterocycles. The first kappa shape index (κ1) is 9.15. The molecule has 0 aliphatic rings. The Kier molecular flexibility index (Phi) is 4.55. The lowest BCUT2D eigenvalue weighted by Crippen LogP contribution is -1.86. The summed E-state index contributed by atoms with van der Waals surface area (Å²) in [6.07, 6.45) is 4.60. The summed E-state index contributed by atoms with van der Waals surface area (Å²) in [4.78, 5) is 4.20. The van der Waals surface area contributed by atoms with E-state index >= 15 is 0 Å². The molecule has 0 N–H and O–H groups in total. The van der Waals surface area contributed by atoms with Crippen LogP contribution in [0.1, 0.15) is 27.2 Å². The molecule has 1 heteroatoms. The first-order valence-electron chi connectivity index (χ1n) is 3.53. The number of nitrogens with zero attached hydrogens (tertiary/aromatic N) is 1. The molecule has 0 atom stereocenters. The Hall–Kier alpha value is -0.850. The summed E-state index contributed by atoms with van der Waals surface area (Å²) >= 11 is 0. The monoisotopic (exact) mass is 137 g/mol. The van der Waals surface area contributed by atoms with Crippen LogP contribution in [0, 0.1) is 0 Å². The van der Waals surface area contributed by atoms with Gasteiger partial charge in [0.05, 0.1) is 0 Å². The largest absolute Gasteiger partial charge is 0.261 e.